The van der Waals surface area contributed by atoms with Gasteiger partial charge in [-0.2, -0.15) is 0 Å². The van der Waals surface area contributed by atoms with Gasteiger partial charge in [0, 0.05) is 11.8 Å². The predicted octanol–water partition coefficient (Wildman–Crippen LogP) is 5.02. The summed E-state index contributed by atoms with van der Waals surface area (Å²) in [6, 6.07) is 5.50. The minimum absolute atomic E-state index is 0.123. The number of nitrogens with two attached hydrogens (primary N) is 1. The Morgan fingerprint density at radius 3 is 2.38 bits per heavy atom. The lowest BCUT2D eigenvalue weighted by Crippen LogP contribution is -2.18. The topological polar surface area (TPSA) is 51.8 Å². The van der Waals surface area contributed by atoms with Gasteiger partial charge in [-0.15, -0.1) is 0 Å². The monoisotopic (exact) mass is 387 g/mol. The minimum Gasteiger partial charge on any atom is -0.383 e. The summed E-state index contributed by atoms with van der Waals surface area (Å²) >= 11 is 15.4. The van der Waals surface area contributed by atoms with E-state index in [4.69, 9.17) is 28.9 Å². The molecule has 0 aliphatic rings. The summed E-state index contributed by atoms with van der Waals surface area (Å²) in [7, 11) is 0. The van der Waals surface area contributed by atoms with Crippen molar-refractivity contribution in [2.45, 2.75) is 32.6 Å². The van der Waals surface area contributed by atoms with Gasteiger partial charge in [-0.1, -0.05) is 50.0 Å². The van der Waals surface area contributed by atoms with E-state index in [9.17, 15) is 0 Å². The molecule has 0 radical (unpaired) electrons. The van der Waals surface area contributed by atoms with Crippen molar-refractivity contribution in [1.82, 2.24) is 9.97 Å². The van der Waals surface area contributed by atoms with Crippen LogP contribution in [-0.2, 0) is 11.8 Å². The lowest BCUT2D eigenvalue weighted by molar-refractivity contribution is 0.560. The van der Waals surface area contributed by atoms with Crippen LogP contribution in [0.3, 0.4) is 0 Å². The molecule has 0 unspecified atom stereocenters. The molecule has 0 aliphatic heterocycles. The summed E-state index contributed by atoms with van der Waals surface area (Å²) in [4.78, 5) is 8.98. The summed E-state index contributed by atoms with van der Waals surface area (Å²) in [5.41, 5.74) is 7.74. The first-order valence-corrected chi connectivity index (χ1v) is 7.99. The maximum atomic E-state index is 6.04. The lowest BCUT2D eigenvalue weighted by Gasteiger charge is -2.21. The van der Waals surface area contributed by atoms with E-state index < -0.39 is 0 Å². The number of nitrogens with zero attached hydrogens (tertiary/aromatic N) is 2. The zero-order valence-corrected chi connectivity index (χ0v) is 15.1. The molecule has 6 heteroatoms. The highest BCUT2D eigenvalue weighted by Crippen LogP contribution is 2.31. The van der Waals surface area contributed by atoms with E-state index >= 15 is 0 Å². The van der Waals surface area contributed by atoms with E-state index in [0.29, 0.717) is 28.1 Å². The second-order valence-electron chi connectivity index (χ2n) is 5.86. The van der Waals surface area contributed by atoms with Crippen LogP contribution in [0, 0.1) is 0 Å². The molecule has 0 amide bonds. The summed E-state index contributed by atoms with van der Waals surface area (Å²) in [5.74, 6) is 1.11. The predicted molar refractivity (Wildman–Crippen MR) is 92.1 cm³/mol. The smallest absolute Gasteiger partial charge is 0.141 e. The van der Waals surface area contributed by atoms with Gasteiger partial charge >= 0.3 is 0 Å². The molecule has 2 N–H and O–H groups in total. The van der Waals surface area contributed by atoms with Crippen molar-refractivity contribution in [2.24, 2.45) is 0 Å². The van der Waals surface area contributed by atoms with Crippen molar-refractivity contribution in [3.05, 3.63) is 49.8 Å². The number of hydrogen-bond donors (Lipinski definition) is 1. The van der Waals surface area contributed by atoms with E-state index in [1.165, 1.54) is 0 Å². The first-order valence-electron chi connectivity index (χ1n) is 6.45. The Morgan fingerprint density at radius 2 is 1.81 bits per heavy atom. The molecule has 0 bridgehead atoms. The van der Waals surface area contributed by atoms with Crippen molar-refractivity contribution < 1.29 is 0 Å². The Hall–Kier alpha value is -0.840. The van der Waals surface area contributed by atoms with Crippen LogP contribution >= 0.6 is 39.1 Å². The van der Waals surface area contributed by atoms with Gasteiger partial charge in [0.2, 0.25) is 0 Å². The molecule has 2 rings (SSSR count). The van der Waals surface area contributed by atoms with Crippen molar-refractivity contribution in [3.8, 4) is 0 Å². The van der Waals surface area contributed by atoms with Crippen molar-refractivity contribution in [2.75, 3.05) is 5.73 Å². The number of rotatable bonds is 2. The van der Waals surface area contributed by atoms with Crippen LogP contribution in [0.4, 0.5) is 5.82 Å². The van der Waals surface area contributed by atoms with Gasteiger partial charge in [0.25, 0.3) is 0 Å². The summed E-state index contributed by atoms with van der Waals surface area (Å²) in [5, 5.41) is 1.06. The Balaban J connectivity index is 2.41. The Bertz CT molecular complexity index is 681. The summed E-state index contributed by atoms with van der Waals surface area (Å²) < 4.78 is 0.757. The van der Waals surface area contributed by atoms with Gasteiger partial charge in [-0.25, -0.2) is 9.97 Å². The lowest BCUT2D eigenvalue weighted by atomic mass is 9.92. The molecular formula is C15H16BrCl2N3. The molecule has 0 saturated carbocycles. The normalized spacial score (nSPS) is 11.7. The Labute approximate surface area is 143 Å². The molecule has 0 atom stereocenters. The summed E-state index contributed by atoms with van der Waals surface area (Å²) in [6.45, 7) is 6.26. The van der Waals surface area contributed by atoms with Gasteiger partial charge in [0.1, 0.15) is 11.6 Å². The van der Waals surface area contributed by atoms with Crippen LogP contribution in [0.25, 0.3) is 0 Å². The third-order valence-electron chi connectivity index (χ3n) is 2.98. The highest BCUT2D eigenvalue weighted by atomic mass is 79.9. The molecule has 0 fully saturated rings. The molecule has 0 aliphatic carbocycles. The number of halogens is 3. The second kappa shape index (κ2) is 6.11. The molecule has 2 aromatic rings. The van der Waals surface area contributed by atoms with Gasteiger partial charge in [0.15, 0.2) is 0 Å². The molecule has 1 heterocycles. The fourth-order valence-corrected chi connectivity index (χ4v) is 3.01. The first-order chi connectivity index (χ1) is 9.68. The average molecular weight is 389 g/mol. The maximum absolute atomic E-state index is 6.04. The van der Waals surface area contributed by atoms with Crippen LogP contribution in [0.1, 0.15) is 37.9 Å². The fourth-order valence-electron chi connectivity index (χ4n) is 1.92. The Morgan fingerprint density at radius 1 is 1.14 bits per heavy atom. The number of hydrogen-bond acceptors (Lipinski definition) is 3. The van der Waals surface area contributed by atoms with Crippen molar-refractivity contribution in [1.29, 1.82) is 0 Å². The molecule has 1 aromatic carbocycles. The van der Waals surface area contributed by atoms with Gasteiger partial charge < -0.3 is 5.73 Å². The highest BCUT2D eigenvalue weighted by Gasteiger charge is 2.22. The molecule has 0 spiro atoms. The van der Waals surface area contributed by atoms with E-state index in [2.05, 4.69) is 46.7 Å². The highest BCUT2D eigenvalue weighted by molar-refractivity contribution is 9.10. The van der Waals surface area contributed by atoms with Crippen LogP contribution < -0.4 is 5.73 Å². The molecule has 1 aromatic heterocycles. The number of benzene rings is 1. The van der Waals surface area contributed by atoms with Crippen molar-refractivity contribution in [3.63, 3.8) is 0 Å². The molecule has 3 nitrogen and oxygen atoms in total. The van der Waals surface area contributed by atoms with Gasteiger partial charge in [0.05, 0.1) is 20.2 Å². The maximum Gasteiger partial charge on any atom is 0.141 e. The second-order valence-corrected chi connectivity index (χ2v) is 7.47. The average Bonchev–Trinajstić information content (AvgIpc) is 2.36. The number of aromatic nitrogens is 2. The summed E-state index contributed by atoms with van der Waals surface area (Å²) in [6.07, 6.45) is 0.553. The van der Waals surface area contributed by atoms with Crippen LogP contribution in [0.5, 0.6) is 0 Å². The quantitative estimate of drug-likeness (QED) is 0.785. The van der Waals surface area contributed by atoms with Crippen LogP contribution in [0.15, 0.2) is 22.7 Å². The van der Waals surface area contributed by atoms with Crippen molar-refractivity contribution >= 4 is 44.9 Å². The number of anilines is 1. The van der Waals surface area contributed by atoms with Crippen LogP contribution in [0.2, 0.25) is 10.0 Å². The minimum atomic E-state index is -0.123. The van der Waals surface area contributed by atoms with Crippen LogP contribution in [-0.4, -0.2) is 9.97 Å². The number of nitrogen functional groups attached to an aromatic ring is 1. The molecule has 21 heavy (non-hydrogen) atoms. The SMILES string of the molecule is CC(C)(C)c1nc(Cc2ccc(Cl)c(Cl)c2)nc(N)c1Br. The molecule has 112 valence electrons. The van der Waals surface area contributed by atoms with E-state index in [0.717, 1.165) is 15.7 Å². The zero-order chi connectivity index (χ0) is 15.8. The largest absolute Gasteiger partial charge is 0.383 e. The fraction of sp³-hybridized carbons (Fsp3) is 0.333. The first kappa shape index (κ1) is 16.5. The van der Waals surface area contributed by atoms with E-state index in [-0.39, 0.29) is 5.41 Å². The Kier molecular flexibility index (Phi) is 4.81. The third kappa shape index (κ3) is 3.87. The zero-order valence-electron chi connectivity index (χ0n) is 12.0. The standard InChI is InChI=1S/C15H16BrCl2N3/c1-15(2,3)13-12(16)14(19)21-11(20-13)7-8-4-5-9(17)10(18)6-8/h4-6H,7H2,1-3H3,(H2,19,20,21). The van der Waals surface area contributed by atoms with E-state index in [1.54, 1.807) is 6.07 Å². The molecule has 0 saturated heterocycles. The van der Waals surface area contributed by atoms with Gasteiger partial charge in [-0.3, -0.25) is 0 Å². The molecular weight excluding hydrogens is 373 g/mol. The third-order valence-corrected chi connectivity index (χ3v) is 4.50. The van der Waals surface area contributed by atoms with Gasteiger partial charge in [-0.05, 0) is 33.6 Å². The van der Waals surface area contributed by atoms with E-state index in [1.807, 2.05) is 12.1 Å².